The lowest BCUT2D eigenvalue weighted by Gasteiger charge is -2.08. The number of rotatable bonds is 2. The van der Waals surface area contributed by atoms with Gasteiger partial charge in [0.25, 0.3) is 0 Å². The normalized spacial score (nSPS) is 12.7. The molecule has 0 aromatic carbocycles. The van der Waals surface area contributed by atoms with Crippen molar-refractivity contribution in [3.63, 3.8) is 0 Å². The van der Waals surface area contributed by atoms with E-state index in [1.807, 2.05) is 29.7 Å². The molecule has 0 aliphatic rings. The lowest BCUT2D eigenvalue weighted by molar-refractivity contribution is 0.861. The van der Waals surface area contributed by atoms with Gasteiger partial charge in [0.1, 0.15) is 0 Å². The van der Waals surface area contributed by atoms with E-state index >= 15 is 0 Å². The number of pyridine rings is 1. The van der Waals surface area contributed by atoms with Gasteiger partial charge in [-0.3, -0.25) is 9.33 Å². The van der Waals surface area contributed by atoms with E-state index in [-0.39, 0.29) is 0 Å². The van der Waals surface area contributed by atoms with E-state index in [1.54, 1.807) is 6.20 Å². The fourth-order valence-electron chi connectivity index (χ4n) is 1.30. The Labute approximate surface area is 84.3 Å². The second kappa shape index (κ2) is 3.71. The zero-order valence-electron chi connectivity index (χ0n) is 8.25. The third-order valence-electron chi connectivity index (χ3n) is 2.25. The van der Waals surface area contributed by atoms with Crippen LogP contribution in [-0.4, -0.2) is 28.6 Å². The molecule has 1 unspecified atom stereocenters. The third kappa shape index (κ3) is 1.72. The molecule has 14 heavy (non-hydrogen) atoms. The second-order valence-corrected chi connectivity index (χ2v) is 5.84. The number of aryl methyl sites for hydroxylation is 1. The molecule has 1 atom stereocenters. The summed E-state index contributed by atoms with van der Waals surface area (Å²) in [7, 11) is -1.21. The Morgan fingerprint density at radius 1 is 1.36 bits per heavy atom. The van der Waals surface area contributed by atoms with Crippen LogP contribution in [0.3, 0.4) is 0 Å². The molecule has 2 rings (SSSR count). The lowest BCUT2D eigenvalue weighted by Crippen LogP contribution is -2.35. The Bertz CT molecular complexity index is 395. The van der Waals surface area contributed by atoms with Crippen LogP contribution < -0.4 is 5.19 Å². The van der Waals surface area contributed by atoms with E-state index in [9.17, 15) is 0 Å². The summed E-state index contributed by atoms with van der Waals surface area (Å²) in [5.74, 6) is 0. The first kappa shape index (κ1) is 9.08. The minimum Gasteiger partial charge on any atom is -0.280 e. The van der Waals surface area contributed by atoms with Crippen LogP contribution in [-0.2, 0) is 0 Å². The zero-order valence-corrected chi connectivity index (χ0v) is 9.41. The molecule has 2 aromatic rings. The average Bonchev–Trinajstić information content (AvgIpc) is 2.71. The third-order valence-corrected chi connectivity index (χ3v) is 4.63. The molecule has 4 nitrogen and oxygen atoms in total. The molecule has 0 spiro atoms. The Morgan fingerprint density at radius 3 is 2.79 bits per heavy atom. The standard InChI is InChI=1S/C9H12N4Si/c1-8-3-4-9(7-10-8)14(2)13-6-5-11-12-13/h3-7,14H,1-2H3. The molecular weight excluding hydrogens is 192 g/mol. The van der Waals surface area contributed by atoms with Crippen molar-refractivity contribution in [2.45, 2.75) is 13.5 Å². The van der Waals surface area contributed by atoms with Gasteiger partial charge in [-0.2, -0.15) is 0 Å². The molecule has 2 aromatic heterocycles. The van der Waals surface area contributed by atoms with E-state index in [4.69, 9.17) is 0 Å². The van der Waals surface area contributed by atoms with Crippen molar-refractivity contribution in [1.29, 1.82) is 0 Å². The van der Waals surface area contributed by atoms with Crippen LogP contribution in [0.15, 0.2) is 30.7 Å². The van der Waals surface area contributed by atoms with Gasteiger partial charge >= 0.3 is 0 Å². The van der Waals surface area contributed by atoms with E-state index in [0.717, 1.165) is 5.69 Å². The Hall–Kier alpha value is -1.49. The molecular formula is C9H12N4Si. The molecule has 0 N–H and O–H groups in total. The highest BCUT2D eigenvalue weighted by Gasteiger charge is 2.10. The summed E-state index contributed by atoms with van der Waals surface area (Å²) >= 11 is 0. The van der Waals surface area contributed by atoms with Crippen molar-refractivity contribution < 1.29 is 0 Å². The van der Waals surface area contributed by atoms with E-state index in [1.165, 1.54) is 5.19 Å². The summed E-state index contributed by atoms with van der Waals surface area (Å²) < 4.78 is 1.95. The molecule has 0 saturated carbocycles. The van der Waals surface area contributed by atoms with Crippen LogP contribution in [0.25, 0.3) is 0 Å². The van der Waals surface area contributed by atoms with E-state index in [0.29, 0.717) is 0 Å². The first-order valence-electron chi connectivity index (χ1n) is 4.56. The van der Waals surface area contributed by atoms with Gasteiger partial charge in [-0.05, 0) is 24.7 Å². The smallest absolute Gasteiger partial charge is 0.201 e. The zero-order chi connectivity index (χ0) is 9.97. The van der Waals surface area contributed by atoms with Crippen LogP contribution in [0, 0.1) is 6.92 Å². The fourth-order valence-corrected chi connectivity index (χ4v) is 2.82. The Balaban J connectivity index is 2.28. The van der Waals surface area contributed by atoms with Crippen LogP contribution in [0.2, 0.25) is 6.55 Å². The number of hydrogen-bond donors (Lipinski definition) is 0. The predicted octanol–water partition coefficient (Wildman–Crippen LogP) is 0.0904. The predicted molar refractivity (Wildman–Crippen MR) is 57.0 cm³/mol. The maximum Gasteiger partial charge on any atom is 0.201 e. The van der Waals surface area contributed by atoms with Crippen LogP contribution in [0.1, 0.15) is 5.69 Å². The van der Waals surface area contributed by atoms with Gasteiger partial charge in [-0.15, -0.1) is 5.10 Å². The summed E-state index contributed by atoms with van der Waals surface area (Å²) in [5, 5.41) is 9.11. The largest absolute Gasteiger partial charge is 0.280 e. The van der Waals surface area contributed by atoms with Crippen molar-refractivity contribution >= 4 is 14.1 Å². The van der Waals surface area contributed by atoms with Crippen LogP contribution in [0.4, 0.5) is 0 Å². The van der Waals surface area contributed by atoms with Gasteiger partial charge in [0.05, 0.1) is 6.20 Å². The minimum absolute atomic E-state index is 1.05. The number of hydrogen-bond acceptors (Lipinski definition) is 3. The van der Waals surface area contributed by atoms with Crippen molar-refractivity contribution in [2.24, 2.45) is 0 Å². The summed E-state index contributed by atoms with van der Waals surface area (Å²) in [6.45, 7) is 4.20. The fraction of sp³-hybridized carbons (Fsp3) is 0.222. The molecule has 0 saturated heterocycles. The first-order chi connectivity index (χ1) is 6.77. The average molecular weight is 204 g/mol. The highest BCUT2D eigenvalue weighted by atomic mass is 28.3. The van der Waals surface area contributed by atoms with Gasteiger partial charge in [0.2, 0.25) is 8.96 Å². The quantitative estimate of drug-likeness (QED) is 0.651. The maximum atomic E-state index is 4.28. The first-order valence-corrected chi connectivity index (χ1v) is 6.80. The van der Waals surface area contributed by atoms with Crippen LogP contribution in [0.5, 0.6) is 0 Å². The molecule has 0 fully saturated rings. The molecule has 0 aliphatic carbocycles. The Kier molecular flexibility index (Phi) is 2.40. The van der Waals surface area contributed by atoms with E-state index < -0.39 is 8.96 Å². The van der Waals surface area contributed by atoms with Crippen molar-refractivity contribution in [1.82, 2.24) is 19.6 Å². The van der Waals surface area contributed by atoms with Gasteiger partial charge in [-0.25, -0.2) is 0 Å². The summed E-state index contributed by atoms with van der Waals surface area (Å²) in [5.41, 5.74) is 1.05. The van der Waals surface area contributed by atoms with Crippen molar-refractivity contribution in [3.05, 3.63) is 36.4 Å². The summed E-state index contributed by atoms with van der Waals surface area (Å²) in [6, 6.07) is 4.16. The second-order valence-electron chi connectivity index (χ2n) is 3.29. The monoisotopic (exact) mass is 204 g/mol. The van der Waals surface area contributed by atoms with Crippen molar-refractivity contribution in [3.8, 4) is 0 Å². The maximum absolute atomic E-state index is 4.28. The molecule has 2 heterocycles. The number of aromatic nitrogens is 4. The topological polar surface area (TPSA) is 43.6 Å². The molecule has 5 heteroatoms. The van der Waals surface area contributed by atoms with Crippen molar-refractivity contribution in [2.75, 3.05) is 0 Å². The van der Waals surface area contributed by atoms with Crippen LogP contribution >= 0.6 is 0 Å². The van der Waals surface area contributed by atoms with E-state index in [2.05, 4.69) is 27.9 Å². The molecule has 0 bridgehead atoms. The molecule has 0 aliphatic heterocycles. The van der Waals surface area contributed by atoms with Gasteiger partial charge in [-0.1, -0.05) is 11.3 Å². The highest BCUT2D eigenvalue weighted by Crippen LogP contribution is 1.92. The molecule has 0 radical (unpaired) electrons. The van der Waals surface area contributed by atoms with Gasteiger partial charge in [0, 0.05) is 18.1 Å². The van der Waals surface area contributed by atoms with Gasteiger partial charge < -0.3 is 0 Å². The highest BCUT2D eigenvalue weighted by molar-refractivity contribution is 6.70. The Morgan fingerprint density at radius 2 is 2.21 bits per heavy atom. The SMILES string of the molecule is Cc1ccc([SiH](C)n2ccnn2)cn1. The minimum atomic E-state index is -1.21. The summed E-state index contributed by atoms with van der Waals surface area (Å²) in [4.78, 5) is 4.28. The lowest BCUT2D eigenvalue weighted by atomic mass is 10.4. The summed E-state index contributed by atoms with van der Waals surface area (Å²) in [6.07, 6.45) is 5.57. The number of nitrogens with zero attached hydrogens (tertiary/aromatic N) is 4. The van der Waals surface area contributed by atoms with Gasteiger partial charge in [0.15, 0.2) is 0 Å². The molecule has 72 valence electrons. The molecule has 0 amide bonds.